The molecule has 4 aliphatic rings. The fraction of sp³-hybridized carbons (Fsp3) is 0.667. The fourth-order valence-electron chi connectivity index (χ4n) is 5.93. The number of benzene rings is 1. The van der Waals surface area contributed by atoms with E-state index in [1.807, 2.05) is 19.2 Å². The first kappa shape index (κ1) is 15.0. The van der Waals surface area contributed by atoms with Crippen LogP contribution in [0.5, 0.6) is 11.5 Å². The summed E-state index contributed by atoms with van der Waals surface area (Å²) in [5.74, 6) is 1.26. The minimum Gasteiger partial charge on any atom is -0.493 e. The van der Waals surface area contributed by atoms with E-state index in [2.05, 4.69) is 4.90 Å². The molecule has 6 atom stereocenters. The van der Waals surface area contributed by atoms with Crippen molar-refractivity contribution in [3.05, 3.63) is 23.3 Å². The topological polar surface area (TPSA) is 82.4 Å². The van der Waals surface area contributed by atoms with Gasteiger partial charge in [-0.25, -0.2) is 0 Å². The molecule has 130 valence electrons. The molecule has 2 bridgehead atoms. The van der Waals surface area contributed by atoms with Gasteiger partial charge in [0.25, 0.3) is 0 Å². The zero-order chi connectivity index (χ0) is 16.9. The van der Waals surface area contributed by atoms with E-state index in [0.717, 1.165) is 17.7 Å². The van der Waals surface area contributed by atoms with Gasteiger partial charge in [-0.15, -0.1) is 0 Å². The number of hydrogen-bond acceptors (Lipinski definition) is 6. The summed E-state index contributed by atoms with van der Waals surface area (Å²) in [4.78, 5) is 2.13. The summed E-state index contributed by atoms with van der Waals surface area (Å²) in [6.07, 6.45) is -0.920. The summed E-state index contributed by atoms with van der Waals surface area (Å²) in [5.41, 5.74) is -0.0416. The Labute approximate surface area is 140 Å². The number of nitrogens with zero attached hydrogens (tertiary/aromatic N) is 1. The van der Waals surface area contributed by atoms with Gasteiger partial charge < -0.3 is 29.7 Å². The Morgan fingerprint density at radius 3 is 2.88 bits per heavy atom. The molecule has 24 heavy (non-hydrogen) atoms. The van der Waals surface area contributed by atoms with Gasteiger partial charge in [-0.05, 0) is 38.1 Å². The number of rotatable bonds is 1. The Morgan fingerprint density at radius 1 is 1.33 bits per heavy atom. The van der Waals surface area contributed by atoms with Crippen molar-refractivity contribution in [2.45, 2.75) is 54.6 Å². The van der Waals surface area contributed by atoms with Crippen LogP contribution in [-0.4, -0.2) is 70.9 Å². The Kier molecular flexibility index (Phi) is 2.76. The first-order chi connectivity index (χ1) is 11.4. The van der Waals surface area contributed by atoms with Gasteiger partial charge in [0, 0.05) is 18.0 Å². The molecule has 2 aliphatic heterocycles. The third-order valence-electron chi connectivity index (χ3n) is 6.95. The van der Waals surface area contributed by atoms with Crippen LogP contribution < -0.4 is 9.47 Å². The molecule has 1 aromatic carbocycles. The molecule has 5 rings (SSSR count). The third-order valence-corrected chi connectivity index (χ3v) is 6.95. The van der Waals surface area contributed by atoms with E-state index in [9.17, 15) is 15.3 Å². The van der Waals surface area contributed by atoms with Crippen molar-refractivity contribution < 1.29 is 24.8 Å². The summed E-state index contributed by atoms with van der Waals surface area (Å²) in [6, 6.07) is 3.74. The number of methoxy groups -OCH3 is 1. The molecule has 2 fully saturated rings. The molecule has 0 amide bonds. The molecule has 6 nitrogen and oxygen atoms in total. The molecule has 1 spiro atoms. The second kappa shape index (κ2) is 4.43. The van der Waals surface area contributed by atoms with Crippen LogP contribution in [0, 0.1) is 0 Å². The quantitative estimate of drug-likeness (QED) is 0.661. The van der Waals surface area contributed by atoms with Gasteiger partial charge in [0.05, 0.1) is 24.7 Å². The van der Waals surface area contributed by atoms with E-state index in [4.69, 9.17) is 9.47 Å². The third kappa shape index (κ3) is 1.36. The highest BCUT2D eigenvalue weighted by Gasteiger charge is 2.75. The van der Waals surface area contributed by atoms with Gasteiger partial charge in [-0.3, -0.25) is 0 Å². The van der Waals surface area contributed by atoms with Crippen LogP contribution in [0.1, 0.15) is 24.0 Å². The molecule has 0 aromatic heterocycles. The molecule has 3 N–H and O–H groups in total. The van der Waals surface area contributed by atoms with Crippen LogP contribution in [0.15, 0.2) is 12.1 Å². The SMILES string of the molecule is COc1ccc2c3c1O[C@H]1C(O)CC(O)[C@@]4(O)C(C2)N(C)CCC314. The first-order valence-corrected chi connectivity index (χ1v) is 8.61. The maximum absolute atomic E-state index is 11.8. The van der Waals surface area contributed by atoms with Crippen LogP contribution in [0.4, 0.5) is 0 Å². The lowest BCUT2D eigenvalue weighted by molar-refractivity contribution is -0.251. The Balaban J connectivity index is 1.86. The second-order valence-corrected chi connectivity index (χ2v) is 7.74. The van der Waals surface area contributed by atoms with Crippen molar-refractivity contribution in [1.29, 1.82) is 0 Å². The Hall–Kier alpha value is -1.34. The van der Waals surface area contributed by atoms with Gasteiger partial charge in [-0.2, -0.15) is 0 Å². The fourth-order valence-corrected chi connectivity index (χ4v) is 5.93. The van der Waals surface area contributed by atoms with Gasteiger partial charge in [0.15, 0.2) is 11.5 Å². The zero-order valence-corrected chi connectivity index (χ0v) is 13.9. The van der Waals surface area contributed by atoms with Crippen LogP contribution in [0.3, 0.4) is 0 Å². The number of aliphatic hydroxyl groups excluding tert-OH is 2. The highest BCUT2D eigenvalue weighted by Crippen LogP contribution is 2.65. The summed E-state index contributed by atoms with van der Waals surface area (Å²) < 4.78 is 11.7. The predicted molar refractivity (Wildman–Crippen MR) is 85.4 cm³/mol. The van der Waals surface area contributed by atoms with E-state index in [0.29, 0.717) is 24.3 Å². The van der Waals surface area contributed by atoms with E-state index >= 15 is 0 Å². The number of likely N-dealkylation sites (N-methyl/N-ethyl adjacent to an activating group) is 1. The lowest BCUT2D eigenvalue weighted by Crippen LogP contribution is -2.81. The molecule has 1 saturated heterocycles. The van der Waals surface area contributed by atoms with Crippen molar-refractivity contribution in [2.24, 2.45) is 0 Å². The van der Waals surface area contributed by atoms with Gasteiger partial charge in [0.1, 0.15) is 11.7 Å². The smallest absolute Gasteiger partial charge is 0.166 e. The van der Waals surface area contributed by atoms with Crippen LogP contribution in [0.2, 0.25) is 0 Å². The summed E-state index contributed by atoms with van der Waals surface area (Å²) in [5, 5.41) is 33.3. The largest absolute Gasteiger partial charge is 0.493 e. The van der Waals surface area contributed by atoms with Gasteiger partial charge in [0.2, 0.25) is 0 Å². The molecule has 1 aromatic rings. The Morgan fingerprint density at radius 2 is 2.12 bits per heavy atom. The van der Waals surface area contributed by atoms with Crippen molar-refractivity contribution >= 4 is 0 Å². The van der Waals surface area contributed by atoms with Crippen molar-refractivity contribution in [3.63, 3.8) is 0 Å². The molecule has 2 aliphatic carbocycles. The second-order valence-electron chi connectivity index (χ2n) is 7.74. The van der Waals surface area contributed by atoms with Crippen LogP contribution in [-0.2, 0) is 11.8 Å². The molecule has 0 radical (unpaired) electrons. The van der Waals surface area contributed by atoms with Crippen molar-refractivity contribution in [2.75, 3.05) is 20.7 Å². The summed E-state index contributed by atoms with van der Waals surface area (Å²) in [7, 11) is 3.59. The molecule has 4 unspecified atom stereocenters. The van der Waals surface area contributed by atoms with E-state index in [1.165, 1.54) is 0 Å². The first-order valence-electron chi connectivity index (χ1n) is 8.61. The number of likely N-dealkylation sites (tertiary alicyclic amines) is 1. The van der Waals surface area contributed by atoms with E-state index in [-0.39, 0.29) is 12.5 Å². The average Bonchev–Trinajstić information content (AvgIpc) is 2.91. The normalized spacial score (nSPS) is 45.5. The van der Waals surface area contributed by atoms with Gasteiger partial charge in [-0.1, -0.05) is 6.07 Å². The standard InChI is InChI=1S/C18H23NO5/c1-19-6-5-17-14-9-3-4-11(23-2)15(14)24-16(17)10(20)8-13(21)18(17,22)12(19)7-9/h3-4,10,12-13,16,20-22H,5-8H2,1-2H3/t10?,12?,13?,16-,17?,18-/m0/s1. The number of aliphatic hydroxyl groups is 3. The average molecular weight is 333 g/mol. The number of ether oxygens (including phenoxy) is 2. The Bertz CT molecular complexity index is 724. The molecule has 6 heteroatoms. The zero-order valence-electron chi connectivity index (χ0n) is 13.9. The lowest BCUT2D eigenvalue weighted by Gasteiger charge is -2.64. The monoisotopic (exact) mass is 333 g/mol. The molecule has 2 heterocycles. The minimum absolute atomic E-state index is 0.124. The van der Waals surface area contributed by atoms with E-state index < -0.39 is 29.3 Å². The predicted octanol–water partition coefficient (Wildman–Crippen LogP) is -0.189. The minimum atomic E-state index is -1.32. The summed E-state index contributed by atoms with van der Waals surface area (Å²) >= 11 is 0. The van der Waals surface area contributed by atoms with E-state index in [1.54, 1.807) is 7.11 Å². The maximum atomic E-state index is 11.8. The van der Waals surface area contributed by atoms with Crippen molar-refractivity contribution in [1.82, 2.24) is 4.90 Å². The highest BCUT2D eigenvalue weighted by molar-refractivity contribution is 5.63. The van der Waals surface area contributed by atoms with Crippen molar-refractivity contribution in [3.8, 4) is 11.5 Å². The van der Waals surface area contributed by atoms with Gasteiger partial charge >= 0.3 is 0 Å². The molecule has 1 saturated carbocycles. The van der Waals surface area contributed by atoms with Crippen LogP contribution in [0.25, 0.3) is 0 Å². The molecular weight excluding hydrogens is 310 g/mol. The molecular formula is C18H23NO5. The highest BCUT2D eigenvalue weighted by atomic mass is 16.5. The summed E-state index contributed by atoms with van der Waals surface area (Å²) in [6.45, 7) is 0.794. The number of hydrogen-bond donors (Lipinski definition) is 3. The lowest BCUT2D eigenvalue weighted by atomic mass is 9.48. The van der Waals surface area contributed by atoms with Crippen LogP contribution >= 0.6 is 0 Å². The number of piperidine rings is 1. The maximum Gasteiger partial charge on any atom is 0.166 e.